The number of carbonyl (C=O) groups excluding carboxylic acids is 1. The molecule has 0 unspecified atom stereocenters. The number of anilines is 1. The zero-order valence-corrected chi connectivity index (χ0v) is 14.3. The highest BCUT2D eigenvalue weighted by atomic mass is 79.9. The largest absolute Gasteiger partial charge is 0.311 e. The number of thioether (sulfide) groups is 1. The van der Waals surface area contributed by atoms with Crippen molar-refractivity contribution in [2.45, 2.75) is 11.3 Å². The quantitative estimate of drug-likeness (QED) is 0.712. The van der Waals surface area contributed by atoms with Crippen molar-refractivity contribution in [1.82, 2.24) is 0 Å². The van der Waals surface area contributed by atoms with E-state index in [0.717, 1.165) is 28.0 Å². The van der Waals surface area contributed by atoms with Crippen LogP contribution in [-0.4, -0.2) is 18.2 Å². The van der Waals surface area contributed by atoms with E-state index in [1.165, 1.54) is 5.56 Å². The van der Waals surface area contributed by atoms with Gasteiger partial charge in [0.25, 0.3) is 0 Å². The van der Waals surface area contributed by atoms with E-state index in [9.17, 15) is 4.79 Å². The van der Waals surface area contributed by atoms with Crippen LogP contribution >= 0.6 is 39.3 Å². The molecule has 0 aliphatic carbocycles. The summed E-state index contributed by atoms with van der Waals surface area (Å²) in [6, 6.07) is 13.7. The van der Waals surface area contributed by atoms with Crippen LogP contribution in [0.4, 0.5) is 5.69 Å². The van der Waals surface area contributed by atoms with E-state index in [4.69, 9.17) is 11.6 Å². The average molecular weight is 383 g/mol. The zero-order chi connectivity index (χ0) is 14.8. The molecule has 3 rings (SSSR count). The Morgan fingerprint density at radius 1 is 1.24 bits per heavy atom. The van der Waals surface area contributed by atoms with Gasteiger partial charge in [0.05, 0.1) is 5.75 Å². The number of halogens is 2. The van der Waals surface area contributed by atoms with Gasteiger partial charge >= 0.3 is 0 Å². The molecule has 5 heteroatoms. The van der Waals surface area contributed by atoms with E-state index in [1.54, 1.807) is 11.8 Å². The molecule has 21 heavy (non-hydrogen) atoms. The lowest BCUT2D eigenvalue weighted by molar-refractivity contribution is -0.116. The van der Waals surface area contributed by atoms with Crippen LogP contribution in [0.2, 0.25) is 5.02 Å². The Bertz CT molecular complexity index is 674. The first-order valence-electron chi connectivity index (χ1n) is 6.60. The summed E-state index contributed by atoms with van der Waals surface area (Å²) in [7, 11) is 0. The fourth-order valence-corrected chi connectivity index (χ4v) is 3.69. The van der Waals surface area contributed by atoms with Crippen molar-refractivity contribution < 1.29 is 4.79 Å². The van der Waals surface area contributed by atoms with Gasteiger partial charge in [-0.3, -0.25) is 4.79 Å². The highest BCUT2D eigenvalue weighted by Gasteiger charge is 2.24. The molecule has 1 amide bonds. The predicted octanol–water partition coefficient (Wildman–Crippen LogP) is 4.78. The predicted molar refractivity (Wildman–Crippen MR) is 92.4 cm³/mol. The van der Waals surface area contributed by atoms with Gasteiger partial charge in [0.2, 0.25) is 5.91 Å². The number of amides is 1. The average Bonchev–Trinajstić information content (AvgIpc) is 2.89. The molecule has 0 spiro atoms. The molecule has 0 fully saturated rings. The normalized spacial score (nSPS) is 13.3. The number of hydrogen-bond donors (Lipinski definition) is 0. The standard InChI is InChI=1S/C16H13BrClNOS/c17-12-1-6-15-11(9-12)7-8-19(15)16(20)10-21-14-4-2-13(18)3-5-14/h1-6,9H,7-8,10H2. The smallest absolute Gasteiger partial charge is 0.237 e. The first-order valence-corrected chi connectivity index (χ1v) is 8.76. The van der Waals surface area contributed by atoms with Crippen LogP contribution in [0.25, 0.3) is 0 Å². The minimum absolute atomic E-state index is 0.149. The van der Waals surface area contributed by atoms with Crippen LogP contribution in [0, 0.1) is 0 Å². The summed E-state index contributed by atoms with van der Waals surface area (Å²) in [6.07, 6.45) is 0.923. The van der Waals surface area contributed by atoms with E-state index < -0.39 is 0 Å². The van der Waals surface area contributed by atoms with Gasteiger partial charge in [-0.1, -0.05) is 27.5 Å². The summed E-state index contributed by atoms with van der Waals surface area (Å²) < 4.78 is 1.06. The van der Waals surface area contributed by atoms with Crippen molar-refractivity contribution in [3.63, 3.8) is 0 Å². The first kappa shape index (κ1) is 14.9. The van der Waals surface area contributed by atoms with Crippen LogP contribution in [-0.2, 0) is 11.2 Å². The molecule has 2 aromatic carbocycles. The van der Waals surface area contributed by atoms with Crippen LogP contribution in [0.1, 0.15) is 5.56 Å². The topological polar surface area (TPSA) is 20.3 Å². The Hall–Kier alpha value is -0.970. The second-order valence-electron chi connectivity index (χ2n) is 4.81. The Morgan fingerprint density at radius 2 is 2.00 bits per heavy atom. The van der Waals surface area contributed by atoms with Crippen LogP contribution in [0.3, 0.4) is 0 Å². The minimum Gasteiger partial charge on any atom is -0.311 e. The molecule has 0 aromatic heterocycles. The van der Waals surface area contributed by atoms with Crippen LogP contribution in [0.5, 0.6) is 0 Å². The lowest BCUT2D eigenvalue weighted by atomic mass is 10.2. The highest BCUT2D eigenvalue weighted by Crippen LogP contribution is 2.31. The maximum Gasteiger partial charge on any atom is 0.237 e. The summed E-state index contributed by atoms with van der Waals surface area (Å²) in [6.45, 7) is 0.770. The van der Waals surface area contributed by atoms with E-state index in [2.05, 4.69) is 22.0 Å². The van der Waals surface area contributed by atoms with Gasteiger partial charge < -0.3 is 4.90 Å². The maximum atomic E-state index is 12.4. The molecule has 0 saturated carbocycles. The third-order valence-corrected chi connectivity index (χ3v) is 5.16. The molecule has 1 aliphatic heterocycles. The molecule has 2 aromatic rings. The second kappa shape index (κ2) is 6.42. The molecular weight excluding hydrogens is 370 g/mol. The lowest BCUT2D eigenvalue weighted by Crippen LogP contribution is -2.30. The zero-order valence-electron chi connectivity index (χ0n) is 11.2. The fourth-order valence-electron chi connectivity index (χ4n) is 2.38. The SMILES string of the molecule is O=C(CSc1ccc(Cl)cc1)N1CCc2cc(Br)ccc21. The third-order valence-electron chi connectivity index (χ3n) is 3.41. The van der Waals surface area contributed by atoms with Crippen molar-refractivity contribution in [3.8, 4) is 0 Å². The number of hydrogen-bond acceptors (Lipinski definition) is 2. The molecular formula is C16H13BrClNOS. The molecule has 1 aliphatic rings. The van der Waals surface area contributed by atoms with Gasteiger partial charge in [0.15, 0.2) is 0 Å². The van der Waals surface area contributed by atoms with Crippen molar-refractivity contribution in [2.24, 2.45) is 0 Å². The second-order valence-corrected chi connectivity index (χ2v) is 7.21. The first-order chi connectivity index (χ1) is 10.1. The number of fused-ring (bicyclic) bond motifs is 1. The number of nitrogens with zero attached hydrogens (tertiary/aromatic N) is 1. The maximum absolute atomic E-state index is 12.4. The summed E-state index contributed by atoms with van der Waals surface area (Å²) in [5, 5.41) is 0.713. The third kappa shape index (κ3) is 3.44. The van der Waals surface area contributed by atoms with Crippen molar-refractivity contribution in [1.29, 1.82) is 0 Å². The Kier molecular flexibility index (Phi) is 4.57. The molecule has 2 nitrogen and oxygen atoms in total. The highest BCUT2D eigenvalue weighted by molar-refractivity contribution is 9.10. The minimum atomic E-state index is 0.149. The Balaban J connectivity index is 1.66. The van der Waals surface area contributed by atoms with Gasteiger partial charge in [-0.25, -0.2) is 0 Å². The molecule has 0 N–H and O–H groups in total. The van der Waals surface area contributed by atoms with Gasteiger partial charge in [-0.05, 0) is 54.4 Å². The lowest BCUT2D eigenvalue weighted by Gasteiger charge is -2.17. The number of benzene rings is 2. The van der Waals surface area contributed by atoms with E-state index >= 15 is 0 Å². The van der Waals surface area contributed by atoms with Gasteiger partial charge in [0, 0.05) is 26.6 Å². The molecule has 0 radical (unpaired) electrons. The van der Waals surface area contributed by atoms with Crippen molar-refractivity contribution in [3.05, 3.63) is 57.5 Å². The summed E-state index contributed by atoms with van der Waals surface area (Å²) in [5.41, 5.74) is 2.27. The number of rotatable bonds is 3. The van der Waals surface area contributed by atoms with Crippen LogP contribution in [0.15, 0.2) is 51.8 Å². The molecule has 1 heterocycles. The van der Waals surface area contributed by atoms with Crippen molar-refractivity contribution >= 4 is 50.9 Å². The van der Waals surface area contributed by atoms with E-state index in [1.807, 2.05) is 41.3 Å². The molecule has 0 bridgehead atoms. The van der Waals surface area contributed by atoms with Gasteiger partial charge in [-0.2, -0.15) is 0 Å². The van der Waals surface area contributed by atoms with Gasteiger partial charge in [0.1, 0.15) is 0 Å². The summed E-state index contributed by atoms with van der Waals surface area (Å²) in [5.74, 6) is 0.591. The molecule has 0 atom stereocenters. The number of carbonyl (C=O) groups is 1. The Labute approximate surface area is 141 Å². The van der Waals surface area contributed by atoms with E-state index in [0.29, 0.717) is 10.8 Å². The Morgan fingerprint density at radius 3 is 2.76 bits per heavy atom. The van der Waals surface area contributed by atoms with Crippen molar-refractivity contribution in [2.75, 3.05) is 17.2 Å². The fraction of sp³-hybridized carbons (Fsp3) is 0.188. The van der Waals surface area contributed by atoms with Crippen LogP contribution < -0.4 is 4.90 Å². The van der Waals surface area contributed by atoms with Gasteiger partial charge in [-0.15, -0.1) is 11.8 Å². The monoisotopic (exact) mass is 381 g/mol. The summed E-state index contributed by atoms with van der Waals surface area (Å²) in [4.78, 5) is 15.3. The van der Waals surface area contributed by atoms with E-state index in [-0.39, 0.29) is 5.91 Å². The molecule has 0 saturated heterocycles. The summed E-state index contributed by atoms with van der Waals surface area (Å²) >= 11 is 10.9. The molecule has 108 valence electrons.